The maximum atomic E-state index is 13.7. The highest BCUT2D eigenvalue weighted by molar-refractivity contribution is 6.34. The van der Waals surface area contributed by atoms with Crippen LogP contribution in [0.15, 0.2) is 18.2 Å². The van der Waals surface area contributed by atoms with Gasteiger partial charge in [-0.3, -0.25) is 9.59 Å². The zero-order chi connectivity index (χ0) is 19.8. The van der Waals surface area contributed by atoms with Gasteiger partial charge in [0.1, 0.15) is 11.6 Å². The number of hydrogen-bond acceptors (Lipinski definition) is 3. The summed E-state index contributed by atoms with van der Waals surface area (Å²) in [5.74, 6) is -0.312. The molecule has 6 heteroatoms. The molecule has 2 aliphatic heterocycles. The summed E-state index contributed by atoms with van der Waals surface area (Å²) in [7, 11) is 0. The molecule has 1 saturated heterocycles. The Morgan fingerprint density at radius 3 is 2.89 bits per heavy atom. The summed E-state index contributed by atoms with van der Waals surface area (Å²) in [5.41, 5.74) is 5.25. The van der Waals surface area contributed by atoms with Gasteiger partial charge in [0.05, 0.1) is 5.57 Å². The van der Waals surface area contributed by atoms with E-state index in [9.17, 15) is 14.0 Å². The lowest BCUT2D eigenvalue weighted by atomic mass is 9.90. The Bertz CT molecular complexity index is 984. The predicted molar refractivity (Wildman–Crippen MR) is 107 cm³/mol. The predicted octanol–water partition coefficient (Wildman–Crippen LogP) is 3.37. The number of H-pyrrole nitrogens is 1. The van der Waals surface area contributed by atoms with Crippen molar-refractivity contribution >= 4 is 29.0 Å². The van der Waals surface area contributed by atoms with Gasteiger partial charge >= 0.3 is 0 Å². The molecule has 1 unspecified atom stereocenters. The third-order valence-corrected chi connectivity index (χ3v) is 5.79. The van der Waals surface area contributed by atoms with Crippen LogP contribution in [0.4, 0.5) is 10.1 Å². The molecular formula is C22H24FN3O2. The fourth-order valence-corrected chi connectivity index (χ4v) is 4.12. The highest BCUT2D eigenvalue weighted by Crippen LogP contribution is 2.34. The van der Waals surface area contributed by atoms with E-state index < -0.39 is 0 Å². The molecule has 4 rings (SSSR count). The van der Waals surface area contributed by atoms with Crippen LogP contribution in [0.1, 0.15) is 40.9 Å². The van der Waals surface area contributed by atoms with Gasteiger partial charge in [-0.25, -0.2) is 4.39 Å². The SMILES string of the molecule is Cc1[nH]c(/C=C2\C(=O)Nc3ccc(F)cc32)c(C)c1CC(=O)C1CCCNC1. The van der Waals surface area contributed by atoms with Crippen LogP contribution in [0, 0.1) is 25.6 Å². The molecule has 3 N–H and O–H groups in total. The van der Waals surface area contributed by atoms with Crippen molar-refractivity contribution < 1.29 is 14.0 Å². The molecule has 2 aliphatic rings. The van der Waals surface area contributed by atoms with Crippen LogP contribution in [0.5, 0.6) is 0 Å². The molecule has 5 nitrogen and oxygen atoms in total. The Morgan fingerprint density at radius 2 is 2.14 bits per heavy atom. The average Bonchev–Trinajstić information content (AvgIpc) is 3.13. The molecule has 3 heterocycles. The number of piperidine rings is 1. The van der Waals surface area contributed by atoms with Crippen molar-refractivity contribution in [1.29, 1.82) is 0 Å². The largest absolute Gasteiger partial charge is 0.359 e. The molecule has 146 valence electrons. The number of aryl methyl sites for hydroxylation is 1. The van der Waals surface area contributed by atoms with E-state index in [-0.39, 0.29) is 23.4 Å². The number of Topliss-reactive ketones (excluding diaryl/α,β-unsaturated/α-hetero) is 1. The zero-order valence-corrected chi connectivity index (χ0v) is 16.1. The van der Waals surface area contributed by atoms with Crippen LogP contribution >= 0.6 is 0 Å². The summed E-state index contributed by atoms with van der Waals surface area (Å²) in [5, 5.41) is 6.05. The Kier molecular flexibility index (Phi) is 4.89. The van der Waals surface area contributed by atoms with E-state index in [1.165, 1.54) is 12.1 Å². The molecule has 1 aromatic carbocycles. The molecule has 0 radical (unpaired) electrons. The van der Waals surface area contributed by atoms with Crippen molar-refractivity contribution in [3.63, 3.8) is 0 Å². The van der Waals surface area contributed by atoms with Gasteiger partial charge in [0.25, 0.3) is 5.91 Å². The van der Waals surface area contributed by atoms with Gasteiger partial charge < -0.3 is 15.6 Å². The van der Waals surface area contributed by atoms with E-state index in [2.05, 4.69) is 15.6 Å². The summed E-state index contributed by atoms with van der Waals surface area (Å²) in [6.07, 6.45) is 4.11. The summed E-state index contributed by atoms with van der Waals surface area (Å²) in [6.45, 7) is 5.63. The maximum absolute atomic E-state index is 13.7. The number of hydrogen-bond donors (Lipinski definition) is 3. The maximum Gasteiger partial charge on any atom is 0.256 e. The third kappa shape index (κ3) is 3.40. The fourth-order valence-electron chi connectivity index (χ4n) is 4.12. The second-order valence-corrected chi connectivity index (χ2v) is 7.66. The van der Waals surface area contributed by atoms with Crippen LogP contribution in [0.25, 0.3) is 11.6 Å². The highest BCUT2D eigenvalue weighted by Gasteiger charge is 2.26. The van der Waals surface area contributed by atoms with Crippen molar-refractivity contribution in [2.75, 3.05) is 18.4 Å². The van der Waals surface area contributed by atoms with Gasteiger partial charge in [-0.1, -0.05) is 0 Å². The van der Waals surface area contributed by atoms with E-state index in [1.54, 1.807) is 12.1 Å². The molecule has 0 aliphatic carbocycles. The number of nitrogens with one attached hydrogen (secondary N) is 3. The lowest BCUT2D eigenvalue weighted by molar-refractivity contribution is -0.122. The topological polar surface area (TPSA) is 74.0 Å². The van der Waals surface area contributed by atoms with E-state index in [4.69, 9.17) is 0 Å². The molecule has 28 heavy (non-hydrogen) atoms. The smallest absolute Gasteiger partial charge is 0.256 e. The van der Waals surface area contributed by atoms with E-state index in [0.717, 1.165) is 48.4 Å². The molecule has 1 fully saturated rings. The van der Waals surface area contributed by atoms with Gasteiger partial charge in [-0.15, -0.1) is 0 Å². The number of carbonyl (C=O) groups is 2. The van der Waals surface area contributed by atoms with Crippen molar-refractivity contribution in [1.82, 2.24) is 10.3 Å². The molecule has 0 spiro atoms. The zero-order valence-electron chi connectivity index (χ0n) is 16.1. The van der Waals surface area contributed by atoms with Crippen molar-refractivity contribution in [2.24, 2.45) is 5.92 Å². The van der Waals surface area contributed by atoms with E-state index in [1.807, 2.05) is 13.8 Å². The first kappa shape index (κ1) is 18.6. The number of aromatic nitrogens is 1. The number of ketones is 1. The number of fused-ring (bicyclic) bond motifs is 1. The molecule has 0 bridgehead atoms. The van der Waals surface area contributed by atoms with Crippen LogP contribution < -0.4 is 10.6 Å². The number of halogens is 1. The summed E-state index contributed by atoms with van der Waals surface area (Å²) in [6, 6.07) is 4.26. The van der Waals surface area contributed by atoms with Gasteiger partial charge in [0.2, 0.25) is 0 Å². The number of rotatable bonds is 4. The van der Waals surface area contributed by atoms with E-state index in [0.29, 0.717) is 23.2 Å². The van der Waals surface area contributed by atoms with Crippen molar-refractivity contribution in [2.45, 2.75) is 33.1 Å². The van der Waals surface area contributed by atoms with Gasteiger partial charge in [-0.05, 0) is 68.6 Å². The standard InChI is InChI=1S/C22H24FN3O2/c1-12-16(10-21(27)14-4-3-7-24-11-14)13(2)25-20(12)9-18-17-8-15(23)5-6-19(17)26-22(18)28/h5-6,8-9,14,24-25H,3-4,7,10-11H2,1-2H3,(H,26,28)/b18-9-. The Balaban J connectivity index is 1.63. The minimum Gasteiger partial charge on any atom is -0.359 e. The van der Waals surface area contributed by atoms with Gasteiger partial charge in [-0.2, -0.15) is 0 Å². The Labute approximate surface area is 163 Å². The quantitative estimate of drug-likeness (QED) is 0.711. The Morgan fingerprint density at radius 1 is 1.32 bits per heavy atom. The molecule has 1 aromatic heterocycles. The fraction of sp³-hybridized carbons (Fsp3) is 0.364. The summed E-state index contributed by atoms with van der Waals surface area (Å²) < 4.78 is 13.7. The third-order valence-electron chi connectivity index (χ3n) is 5.79. The second kappa shape index (κ2) is 7.36. The second-order valence-electron chi connectivity index (χ2n) is 7.66. The molecule has 1 amide bonds. The van der Waals surface area contributed by atoms with Crippen molar-refractivity contribution in [3.8, 4) is 0 Å². The van der Waals surface area contributed by atoms with Crippen LogP contribution in [-0.4, -0.2) is 29.8 Å². The lowest BCUT2D eigenvalue weighted by Gasteiger charge is -2.21. The number of amides is 1. The minimum atomic E-state index is -0.382. The van der Waals surface area contributed by atoms with Gasteiger partial charge in [0, 0.05) is 41.5 Å². The summed E-state index contributed by atoms with van der Waals surface area (Å²) >= 11 is 0. The van der Waals surface area contributed by atoms with Crippen LogP contribution in [-0.2, 0) is 16.0 Å². The van der Waals surface area contributed by atoms with Crippen LogP contribution in [0.2, 0.25) is 0 Å². The molecule has 1 atom stereocenters. The van der Waals surface area contributed by atoms with Gasteiger partial charge in [0.15, 0.2) is 0 Å². The minimum absolute atomic E-state index is 0.0692. The lowest BCUT2D eigenvalue weighted by Crippen LogP contribution is -2.35. The van der Waals surface area contributed by atoms with Crippen LogP contribution in [0.3, 0.4) is 0 Å². The number of benzene rings is 1. The molecule has 2 aromatic rings. The number of carbonyl (C=O) groups excluding carboxylic acids is 2. The number of anilines is 1. The molecular weight excluding hydrogens is 357 g/mol. The summed E-state index contributed by atoms with van der Waals surface area (Å²) in [4.78, 5) is 28.4. The normalized spacial score (nSPS) is 20.3. The van der Waals surface area contributed by atoms with Crippen molar-refractivity contribution in [3.05, 3.63) is 52.1 Å². The first-order valence-corrected chi connectivity index (χ1v) is 9.68. The molecule has 0 saturated carbocycles. The Hall–Kier alpha value is -2.73. The average molecular weight is 381 g/mol. The first-order chi connectivity index (χ1) is 13.4. The van der Waals surface area contributed by atoms with E-state index >= 15 is 0 Å². The highest BCUT2D eigenvalue weighted by atomic mass is 19.1. The monoisotopic (exact) mass is 381 g/mol. The number of aromatic amines is 1. The first-order valence-electron chi connectivity index (χ1n) is 9.68.